The van der Waals surface area contributed by atoms with Crippen molar-refractivity contribution in [2.24, 2.45) is 0 Å². The lowest BCUT2D eigenvalue weighted by atomic mass is 10.3. The van der Waals surface area contributed by atoms with Gasteiger partial charge in [0.05, 0.1) is 6.20 Å². The van der Waals surface area contributed by atoms with Crippen LogP contribution in [0.5, 0.6) is 17.5 Å². The number of nitrogens with zero attached hydrogens (tertiary/aromatic N) is 2. The number of nitrogens with two attached hydrogens (primary N) is 1. The van der Waals surface area contributed by atoms with Gasteiger partial charge >= 0.3 is 6.01 Å². The van der Waals surface area contributed by atoms with Crippen LogP contribution in [0.1, 0.15) is 19.9 Å². The lowest BCUT2D eigenvalue weighted by Crippen LogP contribution is -2.01. The van der Waals surface area contributed by atoms with E-state index in [-0.39, 0.29) is 11.8 Å². The number of nitrogen functional groups attached to an aromatic ring is 1. The van der Waals surface area contributed by atoms with E-state index in [9.17, 15) is 5.11 Å². The molecule has 2 aromatic rings. The summed E-state index contributed by atoms with van der Waals surface area (Å²) in [7, 11) is 0. The molecule has 0 aliphatic carbocycles. The van der Waals surface area contributed by atoms with E-state index in [0.717, 1.165) is 0 Å². The molecule has 0 fully saturated rings. The third kappa shape index (κ3) is 2.50. The highest BCUT2D eigenvalue weighted by molar-refractivity contribution is 5.35. The molecule has 0 bridgehead atoms. The number of anilines is 1. The van der Waals surface area contributed by atoms with Gasteiger partial charge in [-0.2, -0.15) is 4.98 Å². The Balaban J connectivity index is 2.29. The zero-order valence-electron chi connectivity index (χ0n) is 9.79. The Hall–Kier alpha value is -2.17. The topological polar surface area (TPSA) is 73.3 Å². The summed E-state index contributed by atoms with van der Waals surface area (Å²) in [5.74, 6) is 1.09. The lowest BCUT2D eigenvalue weighted by molar-refractivity contribution is 0.392. The highest BCUT2D eigenvalue weighted by atomic mass is 16.5. The molecule has 0 radical (unpaired) electrons. The number of rotatable bonds is 3. The molecule has 90 valence electrons. The Bertz CT molecular complexity index is 520. The monoisotopic (exact) mass is 233 g/mol. The normalized spacial score (nSPS) is 10.8. The highest BCUT2D eigenvalue weighted by Gasteiger charge is 2.11. The van der Waals surface area contributed by atoms with Gasteiger partial charge in [-0.15, -0.1) is 0 Å². The maximum atomic E-state index is 9.34. The number of aromatic hydroxyl groups is 1. The molecular weight excluding hydrogens is 218 g/mol. The molecule has 0 aliphatic rings. The molecule has 0 spiro atoms. The minimum absolute atomic E-state index is 0.151. The number of aromatic nitrogens is 2. The summed E-state index contributed by atoms with van der Waals surface area (Å²) in [5.41, 5.74) is 5.64. The predicted octanol–water partition coefficient (Wildman–Crippen LogP) is 2.54. The first-order valence-electron chi connectivity index (χ1n) is 5.37. The van der Waals surface area contributed by atoms with Crippen LogP contribution in [0.4, 0.5) is 5.82 Å². The van der Waals surface area contributed by atoms with Crippen LogP contribution in [0, 0.1) is 0 Å². The van der Waals surface area contributed by atoms with E-state index in [1.807, 2.05) is 18.4 Å². The van der Waals surface area contributed by atoms with Crippen molar-refractivity contribution in [3.05, 3.63) is 30.5 Å². The van der Waals surface area contributed by atoms with E-state index in [1.165, 1.54) is 6.07 Å². The first kappa shape index (κ1) is 11.3. The van der Waals surface area contributed by atoms with E-state index in [0.29, 0.717) is 17.6 Å². The summed E-state index contributed by atoms with van der Waals surface area (Å²) in [6, 6.07) is 7.17. The summed E-state index contributed by atoms with van der Waals surface area (Å²) in [4.78, 5) is 4.09. The molecule has 0 atom stereocenters. The molecule has 1 heterocycles. The van der Waals surface area contributed by atoms with Crippen LogP contribution in [0.2, 0.25) is 0 Å². The lowest BCUT2D eigenvalue weighted by Gasteiger charge is -2.11. The van der Waals surface area contributed by atoms with Crippen LogP contribution in [-0.2, 0) is 0 Å². The number of benzene rings is 1. The average Bonchev–Trinajstić information content (AvgIpc) is 2.59. The second-order valence-corrected chi connectivity index (χ2v) is 4.05. The van der Waals surface area contributed by atoms with Gasteiger partial charge in [-0.1, -0.05) is 6.07 Å². The van der Waals surface area contributed by atoms with Gasteiger partial charge in [0.1, 0.15) is 17.3 Å². The van der Waals surface area contributed by atoms with Crippen LogP contribution in [0.25, 0.3) is 0 Å². The van der Waals surface area contributed by atoms with Gasteiger partial charge in [0.25, 0.3) is 0 Å². The summed E-state index contributed by atoms with van der Waals surface area (Å²) < 4.78 is 7.42. The Labute approximate surface area is 99.5 Å². The van der Waals surface area contributed by atoms with E-state index < -0.39 is 0 Å². The molecule has 3 N–H and O–H groups in total. The zero-order valence-corrected chi connectivity index (χ0v) is 9.79. The van der Waals surface area contributed by atoms with E-state index in [4.69, 9.17) is 10.5 Å². The molecular formula is C12H15N3O2. The number of phenolic OH excluding ortho intramolecular Hbond substituents is 1. The molecule has 0 saturated heterocycles. The van der Waals surface area contributed by atoms with Gasteiger partial charge in [-0.05, 0) is 26.0 Å². The molecule has 5 nitrogen and oxygen atoms in total. The van der Waals surface area contributed by atoms with Gasteiger partial charge in [0.2, 0.25) is 0 Å². The maximum Gasteiger partial charge on any atom is 0.304 e. The van der Waals surface area contributed by atoms with Crippen molar-refractivity contribution in [1.82, 2.24) is 9.55 Å². The van der Waals surface area contributed by atoms with Crippen LogP contribution in [0.3, 0.4) is 0 Å². The molecule has 0 saturated carbocycles. The van der Waals surface area contributed by atoms with Crippen LogP contribution in [-0.4, -0.2) is 14.7 Å². The van der Waals surface area contributed by atoms with E-state index >= 15 is 0 Å². The minimum atomic E-state index is 0.151. The largest absolute Gasteiger partial charge is 0.508 e. The van der Waals surface area contributed by atoms with Crippen molar-refractivity contribution < 1.29 is 9.84 Å². The van der Waals surface area contributed by atoms with E-state index in [2.05, 4.69) is 4.98 Å². The molecule has 0 aliphatic heterocycles. The summed E-state index contributed by atoms with van der Waals surface area (Å²) in [6.07, 6.45) is 1.72. The summed E-state index contributed by atoms with van der Waals surface area (Å²) in [6.45, 7) is 4.02. The number of hydrogen-bond acceptors (Lipinski definition) is 4. The maximum absolute atomic E-state index is 9.34. The summed E-state index contributed by atoms with van der Waals surface area (Å²) in [5, 5.41) is 9.34. The predicted molar refractivity (Wildman–Crippen MR) is 65.2 cm³/mol. The zero-order chi connectivity index (χ0) is 12.4. The van der Waals surface area contributed by atoms with Gasteiger partial charge in [0.15, 0.2) is 0 Å². The first-order chi connectivity index (χ1) is 8.06. The van der Waals surface area contributed by atoms with Gasteiger partial charge < -0.3 is 15.6 Å². The fraction of sp³-hybridized carbons (Fsp3) is 0.250. The fourth-order valence-electron chi connectivity index (χ4n) is 1.49. The van der Waals surface area contributed by atoms with Crippen LogP contribution in [0.15, 0.2) is 30.5 Å². The average molecular weight is 233 g/mol. The number of hydrogen-bond donors (Lipinski definition) is 2. The second kappa shape index (κ2) is 4.37. The van der Waals surface area contributed by atoms with Crippen molar-refractivity contribution in [1.29, 1.82) is 0 Å². The number of imidazole rings is 1. The Morgan fingerprint density at radius 3 is 2.82 bits per heavy atom. The third-order valence-electron chi connectivity index (χ3n) is 2.30. The Kier molecular flexibility index (Phi) is 2.91. The van der Waals surface area contributed by atoms with Crippen molar-refractivity contribution in [2.45, 2.75) is 19.9 Å². The molecule has 0 unspecified atom stereocenters. The SMILES string of the molecule is CC(C)n1cc(N)nc1Oc1cccc(O)c1. The molecule has 1 aromatic heterocycles. The van der Waals surface area contributed by atoms with Crippen molar-refractivity contribution in [3.63, 3.8) is 0 Å². The van der Waals surface area contributed by atoms with Crippen molar-refractivity contribution in [3.8, 4) is 17.5 Å². The number of ether oxygens (including phenoxy) is 1. The molecule has 5 heteroatoms. The second-order valence-electron chi connectivity index (χ2n) is 4.05. The Morgan fingerprint density at radius 1 is 1.41 bits per heavy atom. The summed E-state index contributed by atoms with van der Waals surface area (Å²) >= 11 is 0. The van der Waals surface area contributed by atoms with E-state index in [1.54, 1.807) is 24.4 Å². The first-order valence-corrected chi connectivity index (χ1v) is 5.37. The minimum Gasteiger partial charge on any atom is -0.508 e. The Morgan fingerprint density at radius 2 is 2.18 bits per heavy atom. The van der Waals surface area contributed by atoms with Crippen molar-refractivity contribution in [2.75, 3.05) is 5.73 Å². The fourth-order valence-corrected chi connectivity index (χ4v) is 1.49. The van der Waals surface area contributed by atoms with Gasteiger partial charge in [-0.25, -0.2) is 0 Å². The standard InChI is InChI=1S/C12H15N3O2/c1-8(2)15-7-11(13)14-12(15)17-10-5-3-4-9(16)6-10/h3-8,16H,13H2,1-2H3. The molecule has 1 aromatic carbocycles. The van der Waals surface area contributed by atoms with Crippen LogP contribution >= 0.6 is 0 Å². The van der Waals surface area contributed by atoms with Crippen LogP contribution < -0.4 is 10.5 Å². The van der Waals surface area contributed by atoms with Gasteiger partial charge in [0, 0.05) is 12.1 Å². The number of phenols is 1. The quantitative estimate of drug-likeness (QED) is 0.854. The molecule has 17 heavy (non-hydrogen) atoms. The van der Waals surface area contributed by atoms with Crippen molar-refractivity contribution >= 4 is 5.82 Å². The third-order valence-corrected chi connectivity index (χ3v) is 2.30. The molecule has 2 rings (SSSR count). The smallest absolute Gasteiger partial charge is 0.304 e. The highest BCUT2D eigenvalue weighted by Crippen LogP contribution is 2.26. The van der Waals surface area contributed by atoms with Gasteiger partial charge in [-0.3, -0.25) is 4.57 Å². The molecule has 0 amide bonds.